The van der Waals surface area contributed by atoms with Crippen LogP contribution in [0.1, 0.15) is 126 Å². The highest BCUT2D eigenvalue weighted by Gasteiger charge is 2.12. The molecule has 0 atom stereocenters. The van der Waals surface area contributed by atoms with Gasteiger partial charge in [0.2, 0.25) is 0 Å². The van der Waals surface area contributed by atoms with Crippen molar-refractivity contribution in [1.29, 1.82) is 0 Å². The molecule has 1 aromatic heterocycles. The predicted molar refractivity (Wildman–Crippen MR) is 164 cm³/mol. The predicted octanol–water partition coefficient (Wildman–Crippen LogP) is 10.2. The minimum absolute atomic E-state index is 0.786. The van der Waals surface area contributed by atoms with Gasteiger partial charge in [0.1, 0.15) is 5.82 Å². The van der Waals surface area contributed by atoms with Gasteiger partial charge in [-0.1, -0.05) is 96.3 Å². The first-order chi connectivity index (χ1) is 18.5. The van der Waals surface area contributed by atoms with E-state index in [0.717, 1.165) is 47.9 Å². The number of hydrogen-bond donors (Lipinski definition) is 0. The van der Waals surface area contributed by atoms with E-state index in [1.807, 2.05) is 6.92 Å². The van der Waals surface area contributed by atoms with Gasteiger partial charge in [-0.3, -0.25) is 0 Å². The molecule has 0 aliphatic carbocycles. The SMILES string of the molecule is CCCCCCc1cc(C)cc(-c2nc(C)nc(-c3cc(CCCCCC)cc(CCCCCC)c3)n2)c1. The fraction of sp³-hybridized carbons (Fsp3) is 0.571. The standard InChI is InChI=1S/C35H51N3/c1-6-9-12-15-18-29-21-27(4)22-32(24-29)34-36-28(5)37-35(38-34)33-25-30(19-16-13-10-7-2)23-31(26-33)20-17-14-11-8-3/h21-26H,6-20H2,1-5H3. The highest BCUT2D eigenvalue weighted by Crippen LogP contribution is 2.26. The average molecular weight is 514 g/mol. The molecule has 3 rings (SSSR count). The Bertz CT molecular complexity index is 1090. The second-order valence-electron chi connectivity index (χ2n) is 11.2. The zero-order chi connectivity index (χ0) is 27.2. The van der Waals surface area contributed by atoms with Crippen molar-refractivity contribution < 1.29 is 0 Å². The summed E-state index contributed by atoms with van der Waals surface area (Å²) in [6, 6.07) is 13.9. The number of benzene rings is 2. The van der Waals surface area contributed by atoms with E-state index in [9.17, 15) is 0 Å². The molecule has 206 valence electrons. The number of rotatable bonds is 17. The lowest BCUT2D eigenvalue weighted by molar-refractivity contribution is 0.661. The van der Waals surface area contributed by atoms with Crippen LogP contribution in [0.3, 0.4) is 0 Å². The van der Waals surface area contributed by atoms with Crippen LogP contribution in [-0.4, -0.2) is 15.0 Å². The second-order valence-corrected chi connectivity index (χ2v) is 11.2. The summed E-state index contributed by atoms with van der Waals surface area (Å²) in [6.45, 7) is 11.0. The number of aromatic nitrogens is 3. The third-order valence-corrected chi connectivity index (χ3v) is 7.41. The Kier molecular flexibility index (Phi) is 13.0. The Hall–Kier alpha value is -2.55. The molecule has 0 aliphatic heterocycles. The molecule has 0 aliphatic rings. The maximum absolute atomic E-state index is 5.05. The van der Waals surface area contributed by atoms with Crippen LogP contribution in [-0.2, 0) is 19.3 Å². The van der Waals surface area contributed by atoms with E-state index in [0.29, 0.717) is 0 Å². The van der Waals surface area contributed by atoms with Crippen molar-refractivity contribution in [3.63, 3.8) is 0 Å². The van der Waals surface area contributed by atoms with Crippen LogP contribution in [0.15, 0.2) is 36.4 Å². The lowest BCUT2D eigenvalue weighted by Gasteiger charge is -2.12. The molecule has 3 aromatic rings. The molecule has 3 heteroatoms. The Morgan fingerprint density at radius 1 is 0.447 bits per heavy atom. The first kappa shape index (κ1) is 30.0. The summed E-state index contributed by atoms with van der Waals surface area (Å²) >= 11 is 0. The molecule has 0 radical (unpaired) electrons. The van der Waals surface area contributed by atoms with E-state index >= 15 is 0 Å². The molecular formula is C35H51N3. The number of aryl methyl sites for hydroxylation is 5. The van der Waals surface area contributed by atoms with E-state index in [1.165, 1.54) is 99.3 Å². The van der Waals surface area contributed by atoms with Crippen LogP contribution in [0.4, 0.5) is 0 Å². The second kappa shape index (κ2) is 16.4. The van der Waals surface area contributed by atoms with Crippen LogP contribution < -0.4 is 0 Å². The van der Waals surface area contributed by atoms with Gasteiger partial charge < -0.3 is 0 Å². The third kappa shape index (κ3) is 9.97. The molecule has 0 amide bonds. The lowest BCUT2D eigenvalue weighted by Crippen LogP contribution is -2.02. The summed E-state index contributed by atoms with van der Waals surface area (Å²) < 4.78 is 0. The van der Waals surface area contributed by atoms with Gasteiger partial charge in [-0.05, 0) is 93.3 Å². The van der Waals surface area contributed by atoms with Crippen LogP contribution in [0.25, 0.3) is 22.8 Å². The van der Waals surface area contributed by atoms with Crippen molar-refractivity contribution >= 4 is 0 Å². The zero-order valence-electron chi connectivity index (χ0n) is 24.9. The maximum Gasteiger partial charge on any atom is 0.163 e. The molecule has 0 bridgehead atoms. The average Bonchev–Trinajstić information content (AvgIpc) is 2.91. The Balaban J connectivity index is 1.90. The largest absolute Gasteiger partial charge is 0.213 e. The quantitative estimate of drug-likeness (QED) is 0.168. The van der Waals surface area contributed by atoms with Crippen LogP contribution >= 0.6 is 0 Å². The molecule has 0 unspecified atom stereocenters. The van der Waals surface area contributed by atoms with Gasteiger partial charge in [-0.15, -0.1) is 0 Å². The number of hydrogen-bond acceptors (Lipinski definition) is 3. The molecule has 0 saturated carbocycles. The fourth-order valence-corrected chi connectivity index (χ4v) is 5.32. The van der Waals surface area contributed by atoms with Crippen molar-refractivity contribution in [2.75, 3.05) is 0 Å². The molecule has 0 saturated heterocycles. The molecular weight excluding hydrogens is 462 g/mol. The van der Waals surface area contributed by atoms with Gasteiger partial charge >= 0.3 is 0 Å². The van der Waals surface area contributed by atoms with Gasteiger partial charge in [0.25, 0.3) is 0 Å². The zero-order valence-corrected chi connectivity index (χ0v) is 24.9. The van der Waals surface area contributed by atoms with E-state index in [-0.39, 0.29) is 0 Å². The smallest absolute Gasteiger partial charge is 0.163 e. The number of unbranched alkanes of at least 4 members (excludes halogenated alkanes) is 9. The summed E-state index contributed by atoms with van der Waals surface area (Å²) in [5, 5.41) is 0. The van der Waals surface area contributed by atoms with Gasteiger partial charge in [-0.2, -0.15) is 0 Å². The molecule has 1 heterocycles. The normalized spacial score (nSPS) is 11.3. The highest BCUT2D eigenvalue weighted by molar-refractivity contribution is 5.63. The van der Waals surface area contributed by atoms with Crippen LogP contribution in [0.5, 0.6) is 0 Å². The molecule has 2 aromatic carbocycles. The van der Waals surface area contributed by atoms with Crippen LogP contribution in [0, 0.1) is 13.8 Å². The first-order valence-electron chi connectivity index (χ1n) is 15.5. The van der Waals surface area contributed by atoms with Gasteiger partial charge in [-0.25, -0.2) is 15.0 Å². The van der Waals surface area contributed by atoms with Crippen molar-refractivity contribution in [1.82, 2.24) is 15.0 Å². The van der Waals surface area contributed by atoms with Crippen LogP contribution in [0.2, 0.25) is 0 Å². The molecule has 0 spiro atoms. The Morgan fingerprint density at radius 3 is 1.32 bits per heavy atom. The fourth-order valence-electron chi connectivity index (χ4n) is 5.32. The molecule has 0 N–H and O–H groups in total. The maximum atomic E-state index is 5.05. The summed E-state index contributed by atoms with van der Waals surface area (Å²) in [4.78, 5) is 14.7. The van der Waals surface area contributed by atoms with E-state index in [4.69, 9.17) is 15.0 Å². The van der Waals surface area contributed by atoms with E-state index < -0.39 is 0 Å². The van der Waals surface area contributed by atoms with Gasteiger partial charge in [0, 0.05) is 11.1 Å². The van der Waals surface area contributed by atoms with Crippen molar-refractivity contribution in [2.45, 2.75) is 131 Å². The van der Waals surface area contributed by atoms with E-state index in [2.05, 4.69) is 64.1 Å². The lowest BCUT2D eigenvalue weighted by atomic mass is 9.97. The summed E-state index contributed by atoms with van der Waals surface area (Å²) in [5.74, 6) is 2.39. The molecule has 38 heavy (non-hydrogen) atoms. The number of nitrogens with zero attached hydrogens (tertiary/aromatic N) is 3. The first-order valence-corrected chi connectivity index (χ1v) is 15.5. The Labute approximate surface area is 233 Å². The minimum atomic E-state index is 0.786. The topological polar surface area (TPSA) is 38.7 Å². The monoisotopic (exact) mass is 513 g/mol. The summed E-state index contributed by atoms with van der Waals surface area (Å²) in [7, 11) is 0. The van der Waals surface area contributed by atoms with E-state index in [1.54, 1.807) is 0 Å². The minimum Gasteiger partial charge on any atom is -0.213 e. The molecule has 0 fully saturated rings. The van der Waals surface area contributed by atoms with Crippen molar-refractivity contribution in [3.05, 3.63) is 64.5 Å². The van der Waals surface area contributed by atoms with Crippen molar-refractivity contribution in [3.8, 4) is 22.8 Å². The third-order valence-electron chi connectivity index (χ3n) is 7.41. The Morgan fingerprint density at radius 2 is 0.868 bits per heavy atom. The van der Waals surface area contributed by atoms with Crippen molar-refractivity contribution in [2.24, 2.45) is 0 Å². The molecule has 3 nitrogen and oxygen atoms in total. The van der Waals surface area contributed by atoms with Gasteiger partial charge in [0.05, 0.1) is 0 Å². The highest BCUT2D eigenvalue weighted by atomic mass is 15.0. The van der Waals surface area contributed by atoms with Gasteiger partial charge in [0.15, 0.2) is 11.6 Å². The summed E-state index contributed by atoms with van der Waals surface area (Å²) in [5.41, 5.74) is 7.76. The summed E-state index contributed by atoms with van der Waals surface area (Å²) in [6.07, 6.45) is 18.8.